The summed E-state index contributed by atoms with van der Waals surface area (Å²) in [5.74, 6) is 0. The fourth-order valence-corrected chi connectivity index (χ4v) is 2.55. The third-order valence-electron chi connectivity index (χ3n) is 3.23. The molecule has 0 saturated carbocycles. The SMILES string of the molecule is CCCCCCc1[nH]c2ccccc2c1C=S. The highest BCUT2D eigenvalue weighted by Crippen LogP contribution is 2.22. The molecular weight excluding hydrogens is 226 g/mol. The van der Waals surface area contributed by atoms with Crippen molar-refractivity contribution in [3.63, 3.8) is 0 Å². The van der Waals surface area contributed by atoms with E-state index in [1.165, 1.54) is 47.8 Å². The summed E-state index contributed by atoms with van der Waals surface area (Å²) in [6.07, 6.45) is 6.27. The van der Waals surface area contributed by atoms with Crippen molar-refractivity contribution in [1.29, 1.82) is 0 Å². The number of rotatable bonds is 6. The average molecular weight is 245 g/mol. The van der Waals surface area contributed by atoms with Crippen LogP contribution in [0.4, 0.5) is 0 Å². The third kappa shape index (κ3) is 2.75. The van der Waals surface area contributed by atoms with Crippen LogP contribution in [0, 0.1) is 0 Å². The summed E-state index contributed by atoms with van der Waals surface area (Å²) in [7, 11) is 0. The Kier molecular flexibility index (Phi) is 4.32. The number of H-pyrrole nitrogens is 1. The number of hydrogen-bond donors (Lipinski definition) is 1. The molecule has 0 amide bonds. The van der Waals surface area contributed by atoms with Crippen LogP contribution < -0.4 is 0 Å². The van der Waals surface area contributed by atoms with Gasteiger partial charge in [-0.25, -0.2) is 0 Å². The second-order valence-corrected chi connectivity index (χ2v) is 4.73. The minimum atomic E-state index is 1.11. The first-order valence-corrected chi connectivity index (χ1v) is 6.88. The maximum absolute atomic E-state index is 5.14. The number of para-hydroxylation sites is 1. The standard InChI is InChI=1S/C15H19NS/c1-2-3-4-5-9-15-13(11-17)12-8-6-7-10-14(12)16-15/h6-8,10-11,16H,2-5,9H2,1H3. The van der Waals surface area contributed by atoms with Crippen LogP contribution in [0.25, 0.3) is 10.9 Å². The van der Waals surface area contributed by atoms with Crippen molar-refractivity contribution in [3.05, 3.63) is 35.5 Å². The number of thiocarbonyl (C=S) groups is 1. The second-order valence-electron chi connectivity index (χ2n) is 4.49. The highest BCUT2D eigenvalue weighted by Gasteiger charge is 2.07. The van der Waals surface area contributed by atoms with Crippen molar-refractivity contribution >= 4 is 28.5 Å². The third-order valence-corrected chi connectivity index (χ3v) is 3.46. The lowest BCUT2D eigenvalue weighted by Gasteiger charge is -2.00. The summed E-state index contributed by atoms with van der Waals surface area (Å²) in [6.45, 7) is 2.24. The second kappa shape index (κ2) is 5.97. The number of unbranched alkanes of at least 4 members (excludes halogenated alkanes) is 3. The van der Waals surface area contributed by atoms with Crippen LogP contribution in [-0.4, -0.2) is 10.4 Å². The Morgan fingerprint density at radius 3 is 2.76 bits per heavy atom. The summed E-state index contributed by atoms with van der Waals surface area (Å²) in [5.41, 5.74) is 3.72. The molecule has 0 unspecified atom stereocenters. The molecule has 0 bridgehead atoms. The first kappa shape index (κ1) is 12.3. The Bertz CT molecular complexity index is 499. The molecule has 0 fully saturated rings. The van der Waals surface area contributed by atoms with Crippen LogP contribution in [0.5, 0.6) is 0 Å². The average Bonchev–Trinajstić information content (AvgIpc) is 2.72. The molecule has 17 heavy (non-hydrogen) atoms. The highest BCUT2D eigenvalue weighted by atomic mass is 32.1. The quantitative estimate of drug-likeness (QED) is 0.579. The number of fused-ring (bicyclic) bond motifs is 1. The van der Waals surface area contributed by atoms with E-state index in [1.54, 1.807) is 0 Å². The molecule has 1 aromatic carbocycles. The number of benzene rings is 1. The minimum absolute atomic E-state index is 1.11. The van der Waals surface area contributed by atoms with Crippen LogP contribution in [-0.2, 0) is 6.42 Å². The summed E-state index contributed by atoms with van der Waals surface area (Å²) in [4.78, 5) is 3.49. The van der Waals surface area contributed by atoms with Gasteiger partial charge in [-0.1, -0.05) is 56.6 Å². The van der Waals surface area contributed by atoms with Gasteiger partial charge in [0, 0.05) is 27.5 Å². The number of aryl methyl sites for hydroxylation is 1. The van der Waals surface area contributed by atoms with Gasteiger partial charge in [-0.3, -0.25) is 0 Å². The van der Waals surface area contributed by atoms with E-state index < -0.39 is 0 Å². The molecule has 0 atom stereocenters. The van der Waals surface area contributed by atoms with Crippen molar-refractivity contribution in [2.45, 2.75) is 39.0 Å². The molecule has 0 aliphatic rings. The molecule has 0 radical (unpaired) electrons. The van der Waals surface area contributed by atoms with Gasteiger partial charge in [0.15, 0.2) is 0 Å². The monoisotopic (exact) mass is 245 g/mol. The van der Waals surface area contributed by atoms with Gasteiger partial charge in [0.05, 0.1) is 0 Å². The lowest BCUT2D eigenvalue weighted by molar-refractivity contribution is 0.662. The van der Waals surface area contributed by atoms with E-state index in [2.05, 4.69) is 36.2 Å². The predicted octanol–water partition coefficient (Wildman–Crippen LogP) is 4.64. The smallest absolute Gasteiger partial charge is 0.0462 e. The Hall–Kier alpha value is -1.15. The molecule has 1 aromatic heterocycles. The normalized spacial score (nSPS) is 10.9. The molecule has 0 saturated heterocycles. The zero-order valence-electron chi connectivity index (χ0n) is 10.3. The number of aromatic nitrogens is 1. The Balaban J connectivity index is 2.18. The number of hydrogen-bond acceptors (Lipinski definition) is 1. The largest absolute Gasteiger partial charge is 0.358 e. The predicted molar refractivity (Wildman–Crippen MR) is 78.9 cm³/mol. The Morgan fingerprint density at radius 1 is 1.18 bits per heavy atom. The molecule has 2 rings (SSSR count). The van der Waals surface area contributed by atoms with Gasteiger partial charge in [0.25, 0.3) is 0 Å². The maximum atomic E-state index is 5.14. The summed E-state index contributed by atoms with van der Waals surface area (Å²) in [5, 5.41) is 3.07. The zero-order chi connectivity index (χ0) is 12.1. The first-order chi connectivity index (χ1) is 8.36. The van der Waals surface area contributed by atoms with Gasteiger partial charge >= 0.3 is 0 Å². The van der Waals surface area contributed by atoms with Crippen LogP contribution in [0.2, 0.25) is 0 Å². The number of aromatic amines is 1. The molecule has 1 heterocycles. The molecule has 90 valence electrons. The van der Waals surface area contributed by atoms with E-state index in [0.717, 1.165) is 6.42 Å². The lowest BCUT2D eigenvalue weighted by Crippen LogP contribution is -1.90. The fourth-order valence-electron chi connectivity index (χ4n) is 2.28. The summed E-state index contributed by atoms with van der Waals surface area (Å²) < 4.78 is 0. The van der Waals surface area contributed by atoms with Crippen molar-refractivity contribution in [3.8, 4) is 0 Å². The first-order valence-electron chi connectivity index (χ1n) is 6.41. The van der Waals surface area contributed by atoms with Crippen molar-refractivity contribution in [2.75, 3.05) is 0 Å². The fraction of sp³-hybridized carbons (Fsp3) is 0.400. The van der Waals surface area contributed by atoms with E-state index in [4.69, 9.17) is 12.2 Å². The van der Waals surface area contributed by atoms with Crippen LogP contribution in [0.15, 0.2) is 24.3 Å². The van der Waals surface area contributed by atoms with Crippen molar-refractivity contribution < 1.29 is 0 Å². The van der Waals surface area contributed by atoms with Gasteiger partial charge in [0.1, 0.15) is 0 Å². The molecular formula is C15H19NS. The molecule has 0 aliphatic carbocycles. The summed E-state index contributed by atoms with van der Waals surface area (Å²) in [6, 6.07) is 8.39. The van der Waals surface area contributed by atoms with Gasteiger partial charge in [0.2, 0.25) is 0 Å². The molecule has 0 aliphatic heterocycles. The Morgan fingerprint density at radius 2 is 2.00 bits per heavy atom. The van der Waals surface area contributed by atoms with Crippen molar-refractivity contribution in [1.82, 2.24) is 4.98 Å². The van der Waals surface area contributed by atoms with E-state index in [0.29, 0.717) is 0 Å². The van der Waals surface area contributed by atoms with Gasteiger partial charge in [-0.05, 0) is 18.9 Å². The van der Waals surface area contributed by atoms with Crippen LogP contribution in [0.3, 0.4) is 0 Å². The lowest BCUT2D eigenvalue weighted by atomic mass is 10.1. The van der Waals surface area contributed by atoms with E-state index in [9.17, 15) is 0 Å². The Labute approximate surface area is 108 Å². The van der Waals surface area contributed by atoms with E-state index in [-0.39, 0.29) is 0 Å². The topological polar surface area (TPSA) is 15.8 Å². The van der Waals surface area contributed by atoms with Crippen LogP contribution >= 0.6 is 12.2 Å². The zero-order valence-corrected chi connectivity index (χ0v) is 11.1. The molecule has 1 N–H and O–H groups in total. The minimum Gasteiger partial charge on any atom is -0.358 e. The maximum Gasteiger partial charge on any atom is 0.0462 e. The molecule has 1 nitrogen and oxygen atoms in total. The molecule has 2 aromatic rings. The summed E-state index contributed by atoms with van der Waals surface area (Å²) >= 11 is 5.14. The van der Waals surface area contributed by atoms with Crippen LogP contribution in [0.1, 0.15) is 43.9 Å². The van der Waals surface area contributed by atoms with Gasteiger partial charge in [-0.15, -0.1) is 0 Å². The van der Waals surface area contributed by atoms with E-state index in [1.807, 2.05) is 5.37 Å². The van der Waals surface area contributed by atoms with Gasteiger partial charge in [-0.2, -0.15) is 0 Å². The van der Waals surface area contributed by atoms with E-state index >= 15 is 0 Å². The van der Waals surface area contributed by atoms with Crippen molar-refractivity contribution in [2.24, 2.45) is 0 Å². The highest BCUT2D eigenvalue weighted by molar-refractivity contribution is 7.79. The number of nitrogens with one attached hydrogen (secondary N) is 1. The molecule has 0 spiro atoms. The van der Waals surface area contributed by atoms with Gasteiger partial charge < -0.3 is 4.98 Å². The molecule has 2 heteroatoms.